The van der Waals surface area contributed by atoms with E-state index in [9.17, 15) is 118 Å². The Morgan fingerprint density at radius 2 is 0.452 bits per heavy atom. The first kappa shape index (κ1) is 42.3. The highest BCUT2D eigenvalue weighted by atomic mass is 32.2. The molecule has 0 fully saturated rings. The second-order valence-corrected chi connectivity index (χ2v) is 8.70. The van der Waals surface area contributed by atoms with E-state index in [4.69, 9.17) is 4.55 Å². The predicted molar refractivity (Wildman–Crippen MR) is 77.0 cm³/mol. The van der Waals surface area contributed by atoms with Gasteiger partial charge in [0.1, 0.15) is 0 Å². The number of rotatable bonds is 11. The van der Waals surface area contributed by atoms with Crippen LogP contribution in [0, 0.1) is 0 Å². The van der Waals surface area contributed by atoms with Gasteiger partial charge in [-0.25, -0.2) is 0 Å². The molecule has 30 heteroatoms. The Balaban J connectivity index is 0. The van der Waals surface area contributed by atoms with Gasteiger partial charge in [-0.05, 0) is 0 Å². The Bertz CT molecular complexity index is 1100. The number of halogens is 25. The largest absolute Gasteiger partial charge is 0.460 e. The highest BCUT2D eigenvalue weighted by molar-refractivity contribution is 7.87. The maximum atomic E-state index is 13.5. The van der Waals surface area contributed by atoms with Crippen LogP contribution >= 0.6 is 0 Å². The first-order valence-electron chi connectivity index (χ1n) is 8.19. The van der Waals surface area contributed by atoms with Crippen LogP contribution in [0.25, 0.3) is 0 Å². The van der Waals surface area contributed by atoms with Crippen LogP contribution in [0.3, 0.4) is 0 Å². The van der Waals surface area contributed by atoms with E-state index >= 15 is 0 Å². The van der Waals surface area contributed by atoms with Crippen molar-refractivity contribution in [2.45, 2.75) is 70.7 Å². The lowest BCUT2D eigenvalue weighted by Gasteiger charge is -2.45. The molecule has 4 nitrogen and oxygen atoms in total. The summed E-state index contributed by atoms with van der Waals surface area (Å²) in [6.07, 6.45) is -8.23. The molecule has 0 aliphatic rings. The summed E-state index contributed by atoms with van der Waals surface area (Å²) in [5.41, 5.74) is 0. The maximum Gasteiger partial charge on any atom is 0.460 e. The molecule has 0 unspecified atom stereocenters. The first-order valence-corrected chi connectivity index (χ1v) is 9.63. The van der Waals surface area contributed by atoms with E-state index in [-0.39, 0.29) is 6.15 Å². The van der Waals surface area contributed by atoms with Crippen molar-refractivity contribution in [1.82, 2.24) is 6.15 Å². The third-order valence-electron chi connectivity index (χ3n) is 4.59. The van der Waals surface area contributed by atoms with Crippen molar-refractivity contribution in [3.8, 4) is 0 Å². The summed E-state index contributed by atoms with van der Waals surface area (Å²) in [5.74, 6) is -94.0. The lowest BCUT2D eigenvalue weighted by Crippen LogP contribution is -2.78. The summed E-state index contributed by atoms with van der Waals surface area (Å²) >= 11 is 0. The van der Waals surface area contributed by atoms with E-state index in [0.717, 1.165) is 0 Å². The monoisotopic (exact) mass is 717 g/mol. The van der Waals surface area contributed by atoms with E-state index in [2.05, 4.69) is 0 Å². The lowest BCUT2D eigenvalue weighted by molar-refractivity contribution is -0.480. The highest BCUT2D eigenvalue weighted by Crippen LogP contribution is 2.67. The fourth-order valence-electron chi connectivity index (χ4n) is 2.10. The average molecular weight is 717 g/mol. The summed E-state index contributed by atoms with van der Waals surface area (Å²) in [4.78, 5) is 0. The third-order valence-corrected chi connectivity index (χ3v) is 5.50. The zero-order valence-electron chi connectivity index (χ0n) is 17.8. The molecule has 0 aliphatic heterocycles. The van der Waals surface area contributed by atoms with Crippen LogP contribution in [0.1, 0.15) is 0 Å². The van der Waals surface area contributed by atoms with Crippen LogP contribution < -0.4 is 6.15 Å². The molecule has 0 heterocycles. The van der Waals surface area contributed by atoms with E-state index in [1.165, 1.54) is 0 Å². The Kier molecular flexibility index (Phi) is 9.87. The van der Waals surface area contributed by atoms with Gasteiger partial charge in [0, 0.05) is 0 Å². The second-order valence-electron chi connectivity index (χ2n) is 7.23. The van der Waals surface area contributed by atoms with Gasteiger partial charge in [0.25, 0.3) is 0 Å². The molecule has 0 aromatic carbocycles. The molecule has 0 amide bonds. The molecule has 0 aliphatic carbocycles. The molecule has 0 atom stereocenters. The fraction of sp³-hybridized carbons (Fsp3) is 1.00. The molecule has 0 rings (SSSR count). The molecule has 256 valence electrons. The van der Waals surface area contributed by atoms with Crippen molar-refractivity contribution < 1.29 is 123 Å². The quantitative estimate of drug-likeness (QED) is 0.171. The Morgan fingerprint density at radius 1 is 0.310 bits per heavy atom. The van der Waals surface area contributed by atoms with Gasteiger partial charge in [-0.3, -0.25) is 4.55 Å². The SMILES string of the molecule is N.O=S(=O)(O)C(F)(F)C(F)(F)C(F)(F)C(F)(F)C(F)(F)C(F)(F)C(F)(F)C(F)(F)C(F)(F)C(F)(F)C(F)(F)C(F)(F)F. The zero-order chi connectivity index (χ0) is 34.5. The van der Waals surface area contributed by atoms with E-state index < -0.39 is 80.8 Å². The Labute approximate surface area is 211 Å². The summed E-state index contributed by atoms with van der Waals surface area (Å²) in [5, 5.41) is -8.22. The Hall–Kier alpha value is -1.88. The molecule has 4 N–H and O–H groups in total. The zero-order valence-corrected chi connectivity index (χ0v) is 18.6. The van der Waals surface area contributed by atoms with Crippen molar-refractivity contribution in [3.05, 3.63) is 0 Å². The number of hydrogen-bond donors (Lipinski definition) is 2. The van der Waals surface area contributed by atoms with Crippen molar-refractivity contribution in [3.63, 3.8) is 0 Å². The van der Waals surface area contributed by atoms with Crippen molar-refractivity contribution in [2.24, 2.45) is 0 Å². The highest BCUT2D eigenvalue weighted by Gasteiger charge is 3.00. The van der Waals surface area contributed by atoms with Crippen LogP contribution in [-0.4, -0.2) is 83.6 Å². The number of alkyl halides is 25. The lowest BCUT2D eigenvalue weighted by atomic mass is 9.85. The normalized spacial score (nSPS) is 16.8. The Morgan fingerprint density at radius 3 is 0.595 bits per heavy atom. The summed E-state index contributed by atoms with van der Waals surface area (Å²) in [6.45, 7) is 0. The van der Waals surface area contributed by atoms with Crippen molar-refractivity contribution in [1.29, 1.82) is 0 Å². The second kappa shape index (κ2) is 9.81. The molecule has 0 aromatic rings. The summed E-state index contributed by atoms with van der Waals surface area (Å²) in [7, 11) is -8.24. The topological polar surface area (TPSA) is 89.4 Å². The van der Waals surface area contributed by atoms with Gasteiger partial charge in [0.15, 0.2) is 0 Å². The third kappa shape index (κ3) is 4.66. The standard InChI is InChI=1S/C12HF25O3S.H3N/c13-1(14,3(17,18)5(21,22)7(25,26)9(29,30)11(33,34)35)2(15,16)4(19,20)6(23,24)8(27,28)10(31,32)12(36,37)41(38,39)40;/h(H,38,39,40);1H3. The van der Waals surface area contributed by atoms with Crippen LogP contribution in [-0.2, 0) is 10.1 Å². The molecule has 0 saturated carbocycles. The minimum absolute atomic E-state index is 0. The molecule has 0 spiro atoms. The van der Waals surface area contributed by atoms with Crippen LogP contribution in [0.15, 0.2) is 0 Å². The molecular formula is C12H4F25NO3S. The molecular weight excluding hydrogens is 713 g/mol. The minimum atomic E-state index is -9.76. The summed E-state index contributed by atoms with van der Waals surface area (Å²) < 4.78 is 355. The molecule has 42 heavy (non-hydrogen) atoms. The van der Waals surface area contributed by atoms with Gasteiger partial charge >= 0.3 is 80.8 Å². The molecule has 0 saturated heterocycles. The van der Waals surface area contributed by atoms with Gasteiger partial charge in [-0.2, -0.15) is 118 Å². The molecule has 0 radical (unpaired) electrons. The van der Waals surface area contributed by atoms with Crippen molar-refractivity contribution >= 4 is 10.1 Å². The van der Waals surface area contributed by atoms with Gasteiger partial charge in [0.2, 0.25) is 0 Å². The van der Waals surface area contributed by atoms with Gasteiger partial charge < -0.3 is 6.15 Å². The maximum absolute atomic E-state index is 13.5. The van der Waals surface area contributed by atoms with Crippen LogP contribution in [0.4, 0.5) is 110 Å². The predicted octanol–water partition coefficient (Wildman–Crippen LogP) is 7.54. The molecule has 0 bridgehead atoms. The summed E-state index contributed by atoms with van der Waals surface area (Å²) in [6, 6.07) is 0. The van der Waals surface area contributed by atoms with E-state index in [1.54, 1.807) is 0 Å². The van der Waals surface area contributed by atoms with E-state index in [1.807, 2.05) is 0 Å². The molecule has 0 aromatic heterocycles. The van der Waals surface area contributed by atoms with Gasteiger partial charge in [0.05, 0.1) is 0 Å². The van der Waals surface area contributed by atoms with Crippen LogP contribution in [0.2, 0.25) is 0 Å². The average Bonchev–Trinajstić information content (AvgIpc) is 2.70. The van der Waals surface area contributed by atoms with E-state index in [0.29, 0.717) is 0 Å². The minimum Gasteiger partial charge on any atom is -0.344 e. The fourth-order valence-corrected chi connectivity index (χ4v) is 2.55. The van der Waals surface area contributed by atoms with Gasteiger partial charge in [-0.1, -0.05) is 0 Å². The number of hydrogen-bond acceptors (Lipinski definition) is 3. The van der Waals surface area contributed by atoms with Gasteiger partial charge in [-0.15, -0.1) is 0 Å². The first-order chi connectivity index (χ1) is 17.0. The smallest absolute Gasteiger partial charge is 0.344 e. The van der Waals surface area contributed by atoms with Crippen molar-refractivity contribution in [2.75, 3.05) is 0 Å². The van der Waals surface area contributed by atoms with Crippen LogP contribution in [0.5, 0.6) is 0 Å².